The fraction of sp³-hybridized carbons (Fsp3) is 0.385. The molecule has 0 spiro atoms. The summed E-state index contributed by atoms with van der Waals surface area (Å²) in [5.74, 6) is 1.22. The van der Waals surface area contributed by atoms with Crippen LogP contribution < -0.4 is 16.2 Å². The van der Waals surface area contributed by atoms with Gasteiger partial charge in [-0.1, -0.05) is 0 Å². The molecule has 1 atom stereocenters. The highest BCUT2D eigenvalue weighted by Crippen LogP contribution is 2.27. The average Bonchev–Trinajstić information content (AvgIpc) is 2.47. The fourth-order valence-corrected chi connectivity index (χ4v) is 2.59. The molecule has 0 radical (unpaired) electrons. The van der Waals surface area contributed by atoms with E-state index in [9.17, 15) is 4.79 Å². The predicted octanol–water partition coefficient (Wildman–Crippen LogP) is 0.526. The van der Waals surface area contributed by atoms with Crippen LogP contribution >= 0.6 is 0 Å². The van der Waals surface area contributed by atoms with Gasteiger partial charge in [0.1, 0.15) is 5.82 Å². The van der Waals surface area contributed by atoms with Crippen LogP contribution in [0.1, 0.15) is 24.5 Å². The first-order chi connectivity index (χ1) is 9.72. The molecule has 0 amide bonds. The Bertz CT molecular complexity index is 641. The van der Waals surface area contributed by atoms with Crippen molar-refractivity contribution in [2.24, 2.45) is 0 Å². The number of nitrogens with two attached hydrogens (primary N) is 1. The lowest BCUT2D eigenvalue weighted by molar-refractivity contribution is 0.497. The largest absolute Gasteiger partial charge is 0.369 e. The number of nitrogens with zero attached hydrogens (tertiary/aromatic N) is 4. The van der Waals surface area contributed by atoms with Crippen LogP contribution in [0.5, 0.6) is 0 Å². The Labute approximate surface area is 115 Å². The molecule has 1 aliphatic rings. The van der Waals surface area contributed by atoms with E-state index in [1.165, 1.54) is 6.07 Å². The lowest BCUT2D eigenvalue weighted by Gasteiger charge is -2.32. The van der Waals surface area contributed by atoms with E-state index >= 15 is 0 Å². The summed E-state index contributed by atoms with van der Waals surface area (Å²) in [5.41, 5.74) is 6.15. The molecular formula is C13H16N6O. The average molecular weight is 272 g/mol. The van der Waals surface area contributed by atoms with Gasteiger partial charge in [-0.25, -0.2) is 9.97 Å². The smallest absolute Gasteiger partial charge is 0.252 e. The molecule has 2 aromatic heterocycles. The number of piperidine rings is 1. The maximum absolute atomic E-state index is 11.5. The van der Waals surface area contributed by atoms with Gasteiger partial charge in [0.25, 0.3) is 5.56 Å². The second-order valence-electron chi connectivity index (χ2n) is 4.90. The summed E-state index contributed by atoms with van der Waals surface area (Å²) in [4.78, 5) is 28.8. The second-order valence-corrected chi connectivity index (χ2v) is 4.90. The van der Waals surface area contributed by atoms with Crippen molar-refractivity contribution in [2.45, 2.75) is 18.8 Å². The first kappa shape index (κ1) is 12.6. The minimum Gasteiger partial charge on any atom is -0.369 e. The van der Waals surface area contributed by atoms with Gasteiger partial charge < -0.3 is 10.6 Å². The zero-order valence-electron chi connectivity index (χ0n) is 11.0. The van der Waals surface area contributed by atoms with Gasteiger partial charge in [0, 0.05) is 37.5 Å². The van der Waals surface area contributed by atoms with Crippen LogP contribution in [-0.2, 0) is 0 Å². The predicted molar refractivity (Wildman–Crippen MR) is 75.5 cm³/mol. The number of nitrogens with one attached hydrogen (secondary N) is 1. The van der Waals surface area contributed by atoms with Gasteiger partial charge in [0.15, 0.2) is 0 Å². The van der Waals surface area contributed by atoms with Crippen molar-refractivity contribution in [3.05, 3.63) is 40.7 Å². The number of hydrogen-bond acceptors (Lipinski definition) is 6. The summed E-state index contributed by atoms with van der Waals surface area (Å²) in [6.07, 6.45) is 7.11. The van der Waals surface area contributed by atoms with E-state index in [4.69, 9.17) is 5.73 Å². The Morgan fingerprint density at radius 3 is 3.05 bits per heavy atom. The summed E-state index contributed by atoms with van der Waals surface area (Å²) in [6, 6.07) is 1.53. The molecule has 0 aromatic carbocycles. The molecule has 7 nitrogen and oxygen atoms in total. The van der Waals surface area contributed by atoms with Gasteiger partial charge in [-0.15, -0.1) is 0 Å². The maximum atomic E-state index is 11.5. The summed E-state index contributed by atoms with van der Waals surface area (Å²) in [5, 5.41) is 0. The van der Waals surface area contributed by atoms with Gasteiger partial charge in [0.2, 0.25) is 5.95 Å². The lowest BCUT2D eigenvalue weighted by Crippen LogP contribution is -2.35. The van der Waals surface area contributed by atoms with Gasteiger partial charge >= 0.3 is 0 Å². The third-order valence-electron chi connectivity index (χ3n) is 3.49. The van der Waals surface area contributed by atoms with E-state index in [1.54, 1.807) is 18.6 Å². The molecule has 7 heteroatoms. The maximum Gasteiger partial charge on any atom is 0.252 e. The molecule has 1 fully saturated rings. The third-order valence-corrected chi connectivity index (χ3v) is 3.49. The summed E-state index contributed by atoms with van der Waals surface area (Å²) < 4.78 is 0. The monoisotopic (exact) mass is 272 g/mol. The summed E-state index contributed by atoms with van der Waals surface area (Å²) >= 11 is 0. The van der Waals surface area contributed by atoms with E-state index < -0.39 is 0 Å². The molecular weight excluding hydrogens is 256 g/mol. The van der Waals surface area contributed by atoms with Crippen LogP contribution in [0.3, 0.4) is 0 Å². The van der Waals surface area contributed by atoms with Crippen molar-refractivity contribution in [3.8, 4) is 0 Å². The van der Waals surface area contributed by atoms with Crippen molar-refractivity contribution >= 4 is 11.8 Å². The van der Waals surface area contributed by atoms with Crippen molar-refractivity contribution < 1.29 is 0 Å². The number of aromatic nitrogens is 4. The number of anilines is 2. The van der Waals surface area contributed by atoms with Crippen LogP contribution in [0.15, 0.2) is 29.5 Å². The second kappa shape index (κ2) is 5.28. The normalized spacial score (nSPS) is 19.0. The highest BCUT2D eigenvalue weighted by molar-refractivity contribution is 5.37. The standard InChI is InChI=1S/C13H16N6O/c14-13-17-10(6-12(20)18-13)9-2-1-5-19(8-9)11-7-15-3-4-16-11/h3-4,6-7,9H,1-2,5,8H2,(H3,14,17,18,20)/t9-/m1/s1. The molecule has 3 N–H and O–H groups in total. The Balaban J connectivity index is 1.83. The zero-order valence-corrected chi connectivity index (χ0v) is 11.0. The number of rotatable bonds is 2. The lowest BCUT2D eigenvalue weighted by atomic mass is 9.94. The highest BCUT2D eigenvalue weighted by Gasteiger charge is 2.23. The van der Waals surface area contributed by atoms with Crippen LogP contribution in [0.2, 0.25) is 0 Å². The quantitative estimate of drug-likeness (QED) is 0.827. The molecule has 20 heavy (non-hydrogen) atoms. The zero-order chi connectivity index (χ0) is 13.9. The van der Waals surface area contributed by atoms with Crippen molar-refractivity contribution in [1.29, 1.82) is 0 Å². The van der Waals surface area contributed by atoms with Crippen LogP contribution in [0.4, 0.5) is 11.8 Å². The van der Waals surface area contributed by atoms with Gasteiger partial charge in [-0.2, -0.15) is 0 Å². The van der Waals surface area contributed by atoms with Crippen LogP contribution in [0, 0.1) is 0 Å². The molecule has 0 unspecified atom stereocenters. The Morgan fingerprint density at radius 1 is 1.40 bits per heavy atom. The van der Waals surface area contributed by atoms with Crippen LogP contribution in [0.25, 0.3) is 0 Å². The Hall–Kier alpha value is -2.44. The van der Waals surface area contributed by atoms with Crippen molar-refractivity contribution in [3.63, 3.8) is 0 Å². The third kappa shape index (κ3) is 2.61. The van der Waals surface area contributed by atoms with E-state index in [2.05, 4.69) is 24.8 Å². The molecule has 0 saturated carbocycles. The van der Waals surface area contributed by atoms with Gasteiger partial charge in [-0.05, 0) is 12.8 Å². The number of nitrogen functional groups attached to an aromatic ring is 1. The van der Waals surface area contributed by atoms with E-state index in [0.717, 1.165) is 37.4 Å². The Kier molecular flexibility index (Phi) is 3.32. The minimum absolute atomic E-state index is 0.170. The SMILES string of the molecule is Nc1nc([C@@H]2CCCN(c3cnccn3)C2)cc(=O)[nH]1. The van der Waals surface area contributed by atoms with Crippen molar-refractivity contribution in [2.75, 3.05) is 23.7 Å². The number of aromatic amines is 1. The topological polar surface area (TPSA) is 101 Å². The summed E-state index contributed by atoms with van der Waals surface area (Å²) in [7, 11) is 0. The van der Waals surface area contributed by atoms with E-state index in [-0.39, 0.29) is 17.4 Å². The van der Waals surface area contributed by atoms with E-state index in [0.29, 0.717) is 0 Å². The van der Waals surface area contributed by atoms with Gasteiger partial charge in [0.05, 0.1) is 11.9 Å². The first-order valence-electron chi connectivity index (χ1n) is 6.60. The molecule has 1 saturated heterocycles. The molecule has 3 heterocycles. The Morgan fingerprint density at radius 2 is 2.30 bits per heavy atom. The molecule has 3 rings (SSSR count). The molecule has 0 bridgehead atoms. The van der Waals surface area contributed by atoms with Crippen molar-refractivity contribution in [1.82, 2.24) is 19.9 Å². The van der Waals surface area contributed by atoms with E-state index in [1.807, 2.05) is 0 Å². The molecule has 2 aromatic rings. The molecule has 1 aliphatic heterocycles. The highest BCUT2D eigenvalue weighted by atomic mass is 16.1. The number of hydrogen-bond donors (Lipinski definition) is 2. The molecule has 0 aliphatic carbocycles. The minimum atomic E-state index is -0.205. The number of H-pyrrole nitrogens is 1. The first-order valence-corrected chi connectivity index (χ1v) is 6.60. The summed E-state index contributed by atoms with van der Waals surface area (Å²) in [6.45, 7) is 1.71. The molecule has 104 valence electrons. The fourth-order valence-electron chi connectivity index (χ4n) is 2.59. The van der Waals surface area contributed by atoms with Crippen LogP contribution in [-0.4, -0.2) is 33.0 Å². The van der Waals surface area contributed by atoms with Gasteiger partial charge in [-0.3, -0.25) is 14.8 Å².